The van der Waals surface area contributed by atoms with Crippen molar-refractivity contribution in [3.8, 4) is 0 Å². The Balaban J connectivity index is 2.37. The predicted molar refractivity (Wildman–Crippen MR) is 64.3 cm³/mol. The summed E-state index contributed by atoms with van der Waals surface area (Å²) in [6, 6.07) is 1.65. The number of nitrogens with one attached hydrogen (secondary N) is 1. The lowest BCUT2D eigenvalue weighted by molar-refractivity contribution is -0.138. The van der Waals surface area contributed by atoms with Gasteiger partial charge in [0.2, 0.25) is 0 Å². The normalized spacial score (nSPS) is 11.6. The molecular formula is C10H9F3N4OS. The summed E-state index contributed by atoms with van der Waals surface area (Å²) in [6.07, 6.45) is -3.71. The number of hydrogen-bond donors (Lipinski definition) is 1. The van der Waals surface area contributed by atoms with E-state index in [-0.39, 0.29) is 6.54 Å². The molecule has 2 heterocycles. The predicted octanol–water partition coefficient (Wildman–Crippen LogP) is 1.81. The average molecular weight is 290 g/mol. The number of halogens is 3. The highest BCUT2D eigenvalue weighted by Crippen LogP contribution is 2.28. The third kappa shape index (κ3) is 2.92. The minimum absolute atomic E-state index is 0.0601. The molecule has 0 amide bonds. The van der Waals surface area contributed by atoms with Crippen LogP contribution in [0.5, 0.6) is 0 Å². The van der Waals surface area contributed by atoms with Crippen LogP contribution in [0.2, 0.25) is 0 Å². The van der Waals surface area contributed by atoms with Gasteiger partial charge < -0.3 is 9.88 Å². The van der Waals surface area contributed by atoms with E-state index in [1.165, 1.54) is 0 Å². The second-order valence-corrected chi connectivity index (χ2v) is 4.43. The molecule has 0 spiro atoms. The maximum absolute atomic E-state index is 12.6. The molecule has 0 aromatic carbocycles. The van der Waals surface area contributed by atoms with Gasteiger partial charge in [0.05, 0.1) is 12.1 Å². The van der Waals surface area contributed by atoms with Gasteiger partial charge in [-0.3, -0.25) is 4.79 Å². The number of nitrogens with zero attached hydrogens (tertiary/aromatic N) is 3. The molecule has 0 aliphatic rings. The van der Waals surface area contributed by atoms with E-state index in [2.05, 4.69) is 14.9 Å². The maximum atomic E-state index is 12.6. The summed E-state index contributed by atoms with van der Waals surface area (Å²) in [7, 11) is 1.65. The van der Waals surface area contributed by atoms with Crippen LogP contribution in [0.15, 0.2) is 23.1 Å². The molecule has 0 radical (unpaired) electrons. The Labute approximate surface area is 109 Å². The first kappa shape index (κ1) is 13.5. The van der Waals surface area contributed by atoms with Crippen LogP contribution in [0.3, 0.4) is 0 Å². The van der Waals surface area contributed by atoms with Gasteiger partial charge in [-0.2, -0.15) is 13.2 Å². The van der Waals surface area contributed by atoms with E-state index >= 15 is 0 Å². The summed E-state index contributed by atoms with van der Waals surface area (Å²) >= 11 is 1.07. The molecule has 0 aliphatic heterocycles. The molecule has 1 N–H and O–H groups in total. The molecule has 0 atom stereocenters. The van der Waals surface area contributed by atoms with Crippen molar-refractivity contribution in [3.63, 3.8) is 0 Å². The van der Waals surface area contributed by atoms with Gasteiger partial charge in [-0.1, -0.05) is 4.49 Å². The summed E-state index contributed by atoms with van der Waals surface area (Å²) in [6.45, 7) is -0.0601. The number of anilines is 1. The van der Waals surface area contributed by atoms with Crippen LogP contribution in [-0.2, 0) is 12.7 Å². The summed E-state index contributed by atoms with van der Waals surface area (Å²) < 4.78 is 42.4. The molecule has 0 fully saturated rings. The van der Waals surface area contributed by atoms with Crippen molar-refractivity contribution in [2.45, 2.75) is 12.7 Å². The van der Waals surface area contributed by atoms with E-state index < -0.39 is 17.3 Å². The Hall–Kier alpha value is -1.90. The summed E-state index contributed by atoms with van der Waals surface area (Å²) in [5.41, 5.74) is -0.974. The van der Waals surface area contributed by atoms with E-state index in [1.54, 1.807) is 7.05 Å². The zero-order valence-electron chi connectivity index (χ0n) is 9.73. The first-order chi connectivity index (χ1) is 8.91. The number of alkyl halides is 3. The summed E-state index contributed by atoms with van der Waals surface area (Å²) in [5.74, 6) is 0. The van der Waals surface area contributed by atoms with Gasteiger partial charge >= 0.3 is 6.18 Å². The second-order valence-electron chi connectivity index (χ2n) is 3.68. The maximum Gasteiger partial charge on any atom is 0.417 e. The fourth-order valence-electron chi connectivity index (χ4n) is 1.49. The topological polar surface area (TPSA) is 59.8 Å². The van der Waals surface area contributed by atoms with Crippen LogP contribution in [0, 0.1) is 0 Å². The zero-order valence-corrected chi connectivity index (χ0v) is 10.5. The van der Waals surface area contributed by atoms with Crippen molar-refractivity contribution >= 4 is 16.5 Å². The highest BCUT2D eigenvalue weighted by Gasteiger charge is 2.31. The van der Waals surface area contributed by atoms with Gasteiger partial charge in [0.1, 0.15) is 10.7 Å². The lowest BCUT2D eigenvalue weighted by Crippen LogP contribution is -2.22. The molecule has 0 saturated carbocycles. The largest absolute Gasteiger partial charge is 0.417 e. The van der Waals surface area contributed by atoms with Crippen LogP contribution in [0.25, 0.3) is 0 Å². The Kier molecular flexibility index (Phi) is 3.56. The zero-order chi connectivity index (χ0) is 14.0. The Morgan fingerprint density at radius 1 is 1.42 bits per heavy atom. The molecule has 2 rings (SSSR count). The lowest BCUT2D eigenvalue weighted by atomic mass is 10.2. The Morgan fingerprint density at radius 3 is 2.79 bits per heavy atom. The lowest BCUT2D eigenvalue weighted by Gasteiger charge is -2.10. The molecule has 2 aromatic rings. The van der Waals surface area contributed by atoms with E-state index in [4.69, 9.17) is 0 Å². The number of hydrogen-bond acceptors (Lipinski definition) is 5. The number of pyridine rings is 1. The van der Waals surface area contributed by atoms with Gasteiger partial charge in [0.15, 0.2) is 0 Å². The Morgan fingerprint density at radius 2 is 2.16 bits per heavy atom. The van der Waals surface area contributed by atoms with Gasteiger partial charge in [0, 0.05) is 30.8 Å². The van der Waals surface area contributed by atoms with E-state index in [0.717, 1.165) is 34.4 Å². The van der Waals surface area contributed by atoms with E-state index in [0.29, 0.717) is 10.7 Å². The first-order valence-electron chi connectivity index (χ1n) is 5.18. The molecule has 19 heavy (non-hydrogen) atoms. The molecule has 0 saturated heterocycles. The third-order valence-electron chi connectivity index (χ3n) is 2.41. The van der Waals surface area contributed by atoms with Gasteiger partial charge in [-0.05, 0) is 6.07 Å². The van der Waals surface area contributed by atoms with Crippen molar-refractivity contribution in [2.24, 2.45) is 0 Å². The van der Waals surface area contributed by atoms with Crippen molar-refractivity contribution in [1.82, 2.24) is 14.2 Å². The van der Waals surface area contributed by atoms with Crippen LogP contribution in [0.1, 0.15) is 11.3 Å². The van der Waals surface area contributed by atoms with Gasteiger partial charge in [-0.25, -0.2) is 0 Å². The van der Waals surface area contributed by atoms with Crippen molar-refractivity contribution in [3.05, 3.63) is 39.9 Å². The van der Waals surface area contributed by atoms with E-state index in [9.17, 15) is 18.0 Å². The molecule has 0 unspecified atom stereocenters. The standard InChI is InChI=1S/C10H9F3N4OS/c1-14-9-7(15-16-19-9)5-17-4-6(10(11,12)13)2-3-8(17)18/h2-4,14H,5H2,1H3. The smallest absolute Gasteiger partial charge is 0.377 e. The monoisotopic (exact) mass is 290 g/mol. The van der Waals surface area contributed by atoms with Gasteiger partial charge in [0.25, 0.3) is 5.56 Å². The van der Waals surface area contributed by atoms with Crippen LogP contribution < -0.4 is 10.9 Å². The molecule has 2 aromatic heterocycles. The summed E-state index contributed by atoms with van der Waals surface area (Å²) in [5, 5.41) is 7.21. The first-order valence-corrected chi connectivity index (χ1v) is 5.96. The van der Waals surface area contributed by atoms with Crippen LogP contribution in [0.4, 0.5) is 18.2 Å². The van der Waals surface area contributed by atoms with Crippen LogP contribution in [-0.4, -0.2) is 21.2 Å². The fraction of sp³-hybridized carbons (Fsp3) is 0.300. The molecule has 5 nitrogen and oxygen atoms in total. The number of aromatic nitrogens is 3. The van der Waals surface area contributed by atoms with Crippen molar-refractivity contribution < 1.29 is 13.2 Å². The van der Waals surface area contributed by atoms with Crippen molar-refractivity contribution in [2.75, 3.05) is 12.4 Å². The SMILES string of the molecule is CNc1snnc1Cn1cc(C(F)(F)F)ccc1=O. The average Bonchev–Trinajstić information content (AvgIpc) is 2.77. The van der Waals surface area contributed by atoms with Crippen molar-refractivity contribution in [1.29, 1.82) is 0 Å². The highest BCUT2D eigenvalue weighted by molar-refractivity contribution is 7.10. The molecule has 102 valence electrons. The molecule has 0 aliphatic carbocycles. The van der Waals surface area contributed by atoms with Crippen LogP contribution >= 0.6 is 11.5 Å². The molecular weight excluding hydrogens is 281 g/mol. The highest BCUT2D eigenvalue weighted by atomic mass is 32.1. The second kappa shape index (κ2) is 5.00. The summed E-state index contributed by atoms with van der Waals surface area (Å²) in [4.78, 5) is 11.6. The third-order valence-corrected chi connectivity index (χ3v) is 3.20. The minimum Gasteiger partial charge on any atom is -0.377 e. The van der Waals surface area contributed by atoms with Gasteiger partial charge in [-0.15, -0.1) is 5.10 Å². The minimum atomic E-state index is -4.48. The molecule has 0 bridgehead atoms. The fourth-order valence-corrected chi connectivity index (χ4v) is 2.01. The molecule has 9 heteroatoms. The van der Waals surface area contributed by atoms with E-state index in [1.807, 2.05) is 0 Å². The quantitative estimate of drug-likeness (QED) is 0.936. The Bertz CT molecular complexity index is 634. The number of rotatable bonds is 3.